The molecule has 0 spiro atoms. The van der Waals surface area contributed by atoms with E-state index in [0.717, 1.165) is 16.1 Å². The highest BCUT2D eigenvalue weighted by Gasteiger charge is 2.25. The molecule has 7 heteroatoms. The van der Waals surface area contributed by atoms with Gasteiger partial charge in [0.05, 0.1) is 11.9 Å². The predicted molar refractivity (Wildman–Crippen MR) is 106 cm³/mol. The van der Waals surface area contributed by atoms with Crippen molar-refractivity contribution in [3.63, 3.8) is 0 Å². The third-order valence-electron chi connectivity index (χ3n) is 4.14. The summed E-state index contributed by atoms with van der Waals surface area (Å²) < 4.78 is 25.7. The molecule has 140 valence electrons. The highest BCUT2D eigenvalue weighted by atomic mass is 35.5. The number of carbonyl (C=O) groups excluding carboxylic acids is 1. The number of hydrogen-bond donors (Lipinski definition) is 0. The summed E-state index contributed by atoms with van der Waals surface area (Å²) in [5.41, 5.74) is 2.04. The van der Waals surface area contributed by atoms with Crippen LogP contribution in [0.4, 0.5) is 5.69 Å². The third-order valence-corrected chi connectivity index (χ3v) is 5.67. The lowest BCUT2D eigenvalue weighted by Gasteiger charge is -2.28. The van der Waals surface area contributed by atoms with E-state index >= 15 is 0 Å². The Morgan fingerprint density at radius 1 is 1.08 bits per heavy atom. The molecule has 0 saturated carbocycles. The standard InChI is InChI=1S/C19H23ClN2O3S/c1-4-21(13-16-9-6-5-7-10-16)19(23)14-22(26(3,24)25)18-12-8-11-17(20)15(18)2/h5-12H,4,13-14H2,1-3H3. The van der Waals surface area contributed by atoms with Gasteiger partial charge in [0.25, 0.3) is 0 Å². The van der Waals surface area contributed by atoms with Crippen LogP contribution < -0.4 is 4.31 Å². The maximum absolute atomic E-state index is 12.8. The molecule has 0 fully saturated rings. The van der Waals surface area contributed by atoms with Gasteiger partial charge in [-0.3, -0.25) is 9.10 Å². The second kappa shape index (κ2) is 8.56. The van der Waals surface area contributed by atoms with Crippen molar-refractivity contribution in [3.8, 4) is 0 Å². The van der Waals surface area contributed by atoms with E-state index < -0.39 is 10.0 Å². The van der Waals surface area contributed by atoms with Gasteiger partial charge in [-0.15, -0.1) is 0 Å². The van der Waals surface area contributed by atoms with Gasteiger partial charge in [0, 0.05) is 18.1 Å². The molecule has 0 aromatic heterocycles. The maximum Gasteiger partial charge on any atom is 0.243 e. The Morgan fingerprint density at radius 2 is 1.73 bits per heavy atom. The summed E-state index contributed by atoms with van der Waals surface area (Å²) >= 11 is 6.12. The van der Waals surface area contributed by atoms with E-state index in [4.69, 9.17) is 11.6 Å². The number of likely N-dealkylation sites (N-methyl/N-ethyl adjacent to an activating group) is 1. The molecular formula is C19H23ClN2O3S. The normalized spacial score (nSPS) is 11.2. The Labute approximate surface area is 160 Å². The van der Waals surface area contributed by atoms with Crippen LogP contribution in [-0.4, -0.2) is 38.6 Å². The summed E-state index contributed by atoms with van der Waals surface area (Å²) in [6.45, 7) is 4.26. The van der Waals surface area contributed by atoms with E-state index in [1.54, 1.807) is 30.0 Å². The second-order valence-electron chi connectivity index (χ2n) is 6.05. The highest BCUT2D eigenvalue weighted by Crippen LogP contribution is 2.28. The number of hydrogen-bond acceptors (Lipinski definition) is 3. The number of anilines is 1. The molecule has 0 radical (unpaired) electrons. The fourth-order valence-corrected chi connectivity index (χ4v) is 3.72. The zero-order chi connectivity index (χ0) is 19.3. The average Bonchev–Trinajstić information content (AvgIpc) is 2.60. The van der Waals surface area contributed by atoms with E-state index in [0.29, 0.717) is 29.4 Å². The first-order valence-electron chi connectivity index (χ1n) is 8.28. The summed E-state index contributed by atoms with van der Waals surface area (Å²) in [6.07, 6.45) is 1.09. The molecule has 0 N–H and O–H groups in total. The zero-order valence-corrected chi connectivity index (χ0v) is 16.7. The summed E-state index contributed by atoms with van der Waals surface area (Å²) in [6, 6.07) is 14.6. The van der Waals surface area contributed by atoms with Crippen molar-refractivity contribution < 1.29 is 13.2 Å². The lowest BCUT2D eigenvalue weighted by Crippen LogP contribution is -2.42. The Bertz CT molecular complexity index is 870. The number of carbonyl (C=O) groups is 1. The Kier molecular flexibility index (Phi) is 6.67. The maximum atomic E-state index is 12.8. The van der Waals surface area contributed by atoms with Crippen molar-refractivity contribution in [2.24, 2.45) is 0 Å². The molecule has 0 bridgehead atoms. The first-order valence-corrected chi connectivity index (χ1v) is 10.5. The predicted octanol–water partition coefficient (Wildman–Crippen LogP) is 3.46. The van der Waals surface area contributed by atoms with Crippen molar-refractivity contribution in [1.29, 1.82) is 0 Å². The molecule has 2 aromatic rings. The van der Waals surface area contributed by atoms with Gasteiger partial charge in [-0.05, 0) is 37.1 Å². The van der Waals surface area contributed by atoms with E-state index in [-0.39, 0.29) is 12.5 Å². The van der Waals surface area contributed by atoms with Gasteiger partial charge < -0.3 is 4.90 Å². The minimum Gasteiger partial charge on any atom is -0.337 e. The van der Waals surface area contributed by atoms with Gasteiger partial charge in [0.1, 0.15) is 6.54 Å². The fraction of sp³-hybridized carbons (Fsp3) is 0.316. The largest absolute Gasteiger partial charge is 0.337 e. The van der Waals surface area contributed by atoms with Crippen LogP contribution in [-0.2, 0) is 21.4 Å². The molecule has 0 heterocycles. The van der Waals surface area contributed by atoms with Crippen LogP contribution in [0, 0.1) is 6.92 Å². The first-order chi connectivity index (χ1) is 12.2. The van der Waals surface area contributed by atoms with Crippen LogP contribution in [0.15, 0.2) is 48.5 Å². The molecule has 1 amide bonds. The Hall–Kier alpha value is -2.05. The number of amides is 1. The minimum absolute atomic E-state index is 0.263. The van der Waals surface area contributed by atoms with E-state index in [2.05, 4.69) is 0 Å². The molecule has 0 unspecified atom stereocenters. The molecule has 5 nitrogen and oxygen atoms in total. The van der Waals surface area contributed by atoms with Crippen LogP contribution in [0.1, 0.15) is 18.1 Å². The topological polar surface area (TPSA) is 57.7 Å². The van der Waals surface area contributed by atoms with Gasteiger partial charge in [-0.1, -0.05) is 48.0 Å². The third kappa shape index (κ3) is 4.99. The monoisotopic (exact) mass is 394 g/mol. The quantitative estimate of drug-likeness (QED) is 0.722. The Balaban J connectivity index is 2.27. The van der Waals surface area contributed by atoms with Gasteiger partial charge in [0.2, 0.25) is 15.9 Å². The van der Waals surface area contributed by atoms with Gasteiger partial charge in [0.15, 0.2) is 0 Å². The summed E-state index contributed by atoms with van der Waals surface area (Å²) in [5.74, 6) is -0.263. The molecule has 2 rings (SSSR count). The summed E-state index contributed by atoms with van der Waals surface area (Å²) in [5, 5.41) is 0.459. The van der Waals surface area contributed by atoms with Crippen LogP contribution in [0.5, 0.6) is 0 Å². The van der Waals surface area contributed by atoms with Gasteiger partial charge in [-0.2, -0.15) is 0 Å². The Morgan fingerprint density at radius 3 is 2.31 bits per heavy atom. The van der Waals surface area contributed by atoms with Crippen molar-refractivity contribution in [3.05, 3.63) is 64.7 Å². The van der Waals surface area contributed by atoms with Crippen LogP contribution >= 0.6 is 11.6 Å². The molecule has 0 aliphatic carbocycles. The molecular weight excluding hydrogens is 372 g/mol. The highest BCUT2D eigenvalue weighted by molar-refractivity contribution is 7.92. The van der Waals surface area contributed by atoms with Crippen LogP contribution in [0.3, 0.4) is 0 Å². The van der Waals surface area contributed by atoms with Gasteiger partial charge in [-0.25, -0.2) is 8.42 Å². The molecule has 26 heavy (non-hydrogen) atoms. The summed E-state index contributed by atoms with van der Waals surface area (Å²) in [7, 11) is -3.64. The van der Waals surface area contributed by atoms with E-state index in [1.807, 2.05) is 37.3 Å². The minimum atomic E-state index is -3.64. The van der Waals surface area contributed by atoms with Crippen LogP contribution in [0.2, 0.25) is 5.02 Å². The van der Waals surface area contributed by atoms with E-state index in [9.17, 15) is 13.2 Å². The number of nitrogens with zero attached hydrogens (tertiary/aromatic N) is 2. The summed E-state index contributed by atoms with van der Waals surface area (Å²) in [4.78, 5) is 14.4. The lowest BCUT2D eigenvalue weighted by atomic mass is 10.2. The number of rotatable bonds is 7. The fourth-order valence-electron chi connectivity index (χ4n) is 2.65. The molecule has 2 aromatic carbocycles. The number of benzene rings is 2. The number of sulfonamides is 1. The molecule has 0 aliphatic heterocycles. The smallest absolute Gasteiger partial charge is 0.243 e. The number of halogens is 1. The van der Waals surface area contributed by atoms with Crippen molar-refractivity contribution in [2.75, 3.05) is 23.7 Å². The van der Waals surface area contributed by atoms with Crippen molar-refractivity contribution >= 4 is 33.2 Å². The van der Waals surface area contributed by atoms with Gasteiger partial charge >= 0.3 is 0 Å². The van der Waals surface area contributed by atoms with Crippen molar-refractivity contribution in [1.82, 2.24) is 4.90 Å². The molecule has 0 aliphatic rings. The lowest BCUT2D eigenvalue weighted by molar-refractivity contribution is -0.129. The molecule has 0 atom stereocenters. The first kappa shape index (κ1) is 20.3. The molecule has 0 saturated heterocycles. The van der Waals surface area contributed by atoms with E-state index in [1.165, 1.54) is 0 Å². The second-order valence-corrected chi connectivity index (χ2v) is 8.36. The SMILES string of the molecule is CCN(Cc1ccccc1)C(=O)CN(c1cccc(Cl)c1C)S(C)(=O)=O. The van der Waals surface area contributed by atoms with Crippen molar-refractivity contribution in [2.45, 2.75) is 20.4 Å². The van der Waals surface area contributed by atoms with Crippen LogP contribution in [0.25, 0.3) is 0 Å². The zero-order valence-electron chi connectivity index (χ0n) is 15.1. The average molecular weight is 395 g/mol.